The van der Waals surface area contributed by atoms with Crippen molar-refractivity contribution < 1.29 is 27.5 Å². The Morgan fingerprint density at radius 3 is 2.51 bits per heavy atom. The summed E-state index contributed by atoms with van der Waals surface area (Å²) in [6.07, 6.45) is -0.171. The van der Waals surface area contributed by atoms with Crippen molar-refractivity contribution in [1.82, 2.24) is 20.2 Å². The molecule has 0 aromatic heterocycles. The molecule has 2 aliphatic carbocycles. The van der Waals surface area contributed by atoms with Crippen LogP contribution < -0.4 is 10.2 Å². The van der Waals surface area contributed by atoms with E-state index in [0.29, 0.717) is 24.4 Å². The number of halogens is 3. The van der Waals surface area contributed by atoms with Crippen molar-refractivity contribution in [3.63, 3.8) is 0 Å². The second kappa shape index (κ2) is 9.28. The van der Waals surface area contributed by atoms with Crippen LogP contribution in [0.2, 0.25) is 0 Å². The molecule has 5 atom stereocenters. The third-order valence-corrected chi connectivity index (χ3v) is 8.12. The van der Waals surface area contributed by atoms with Gasteiger partial charge in [0.2, 0.25) is 5.91 Å². The van der Waals surface area contributed by atoms with Crippen molar-refractivity contribution in [1.29, 1.82) is 0 Å². The molecule has 35 heavy (non-hydrogen) atoms. The van der Waals surface area contributed by atoms with Crippen LogP contribution in [0.4, 0.5) is 18.0 Å². The van der Waals surface area contributed by atoms with E-state index in [0.717, 1.165) is 44.5 Å². The van der Waals surface area contributed by atoms with Gasteiger partial charge in [-0.25, -0.2) is 9.80 Å². The first kappa shape index (κ1) is 24.4. The fourth-order valence-corrected chi connectivity index (χ4v) is 6.33. The maximum absolute atomic E-state index is 13.3. The second-order valence-corrected chi connectivity index (χ2v) is 10.5. The predicted molar refractivity (Wildman–Crippen MR) is 122 cm³/mol. The van der Waals surface area contributed by atoms with Crippen molar-refractivity contribution in [2.45, 2.75) is 76.3 Å². The second-order valence-electron chi connectivity index (χ2n) is 10.5. The van der Waals surface area contributed by atoms with Crippen molar-refractivity contribution in [2.24, 2.45) is 11.8 Å². The third-order valence-electron chi connectivity index (χ3n) is 8.12. The van der Waals surface area contributed by atoms with Gasteiger partial charge in [0.15, 0.2) is 0 Å². The number of alkyl halides is 3. The molecular formula is C25H33F3N4O3. The zero-order valence-corrected chi connectivity index (χ0v) is 20.1. The Bertz CT molecular complexity index is 970. The van der Waals surface area contributed by atoms with E-state index in [1.165, 1.54) is 25.0 Å². The number of benzene rings is 1. The van der Waals surface area contributed by atoms with Gasteiger partial charge in [0.25, 0.3) is 0 Å². The summed E-state index contributed by atoms with van der Waals surface area (Å²) in [7, 11) is 0. The maximum Gasteiger partial charge on any atom is 0.416 e. The van der Waals surface area contributed by atoms with Gasteiger partial charge in [-0.3, -0.25) is 10.2 Å². The lowest BCUT2D eigenvalue weighted by atomic mass is 9.73. The SMILES string of the molecule is CC(=O)N1C2CCC(C3CNN(C4CC4)C3)CC2N(C(=O)Oc2cccc(C(F)(F)F)c2)C[C@@H]1C. The molecule has 10 heteroatoms. The van der Waals surface area contributed by atoms with Crippen LogP contribution in [0, 0.1) is 11.8 Å². The number of fused-ring (bicyclic) bond motifs is 1. The maximum atomic E-state index is 13.3. The lowest BCUT2D eigenvalue weighted by Gasteiger charge is -2.54. The predicted octanol–water partition coefficient (Wildman–Crippen LogP) is 3.89. The van der Waals surface area contributed by atoms with Crippen molar-refractivity contribution in [3.8, 4) is 5.75 Å². The van der Waals surface area contributed by atoms with Crippen LogP contribution in [0.5, 0.6) is 5.75 Å². The molecule has 2 aliphatic heterocycles. The van der Waals surface area contributed by atoms with Gasteiger partial charge in [-0.2, -0.15) is 13.2 Å². The Hall–Kier alpha value is -2.33. The van der Waals surface area contributed by atoms with E-state index in [1.54, 1.807) is 11.8 Å². The van der Waals surface area contributed by atoms with E-state index in [-0.39, 0.29) is 29.8 Å². The number of hydrazine groups is 1. The topological polar surface area (TPSA) is 65.1 Å². The van der Waals surface area contributed by atoms with Crippen LogP contribution in [-0.2, 0) is 11.0 Å². The molecule has 0 spiro atoms. The summed E-state index contributed by atoms with van der Waals surface area (Å²) in [6, 6.07) is 4.51. The quantitative estimate of drug-likeness (QED) is 0.691. The highest BCUT2D eigenvalue weighted by Crippen LogP contribution is 2.41. The fourth-order valence-electron chi connectivity index (χ4n) is 6.33. The van der Waals surface area contributed by atoms with Gasteiger partial charge in [-0.05, 0) is 69.1 Å². The van der Waals surface area contributed by atoms with Crippen LogP contribution in [0.1, 0.15) is 51.5 Å². The van der Waals surface area contributed by atoms with E-state index in [4.69, 9.17) is 4.74 Å². The number of nitrogens with one attached hydrogen (secondary N) is 1. The molecule has 4 fully saturated rings. The first-order valence-electron chi connectivity index (χ1n) is 12.6. The molecule has 1 aromatic carbocycles. The molecule has 2 heterocycles. The molecule has 2 amide bonds. The Morgan fingerprint density at radius 1 is 1.06 bits per heavy atom. The monoisotopic (exact) mass is 494 g/mol. The van der Waals surface area contributed by atoms with Crippen LogP contribution in [-0.4, -0.2) is 70.6 Å². The average molecular weight is 495 g/mol. The van der Waals surface area contributed by atoms with Gasteiger partial charge in [0, 0.05) is 38.6 Å². The van der Waals surface area contributed by atoms with E-state index in [1.807, 2.05) is 11.8 Å². The molecule has 4 unspecified atom stereocenters. The molecule has 5 rings (SSSR count). The van der Waals surface area contributed by atoms with E-state index >= 15 is 0 Å². The average Bonchev–Trinajstić information content (AvgIpc) is 3.54. The van der Waals surface area contributed by atoms with Crippen LogP contribution in [0.3, 0.4) is 0 Å². The van der Waals surface area contributed by atoms with Gasteiger partial charge >= 0.3 is 12.3 Å². The number of nitrogens with zero attached hydrogens (tertiary/aromatic N) is 3. The third kappa shape index (κ3) is 5.00. The molecule has 2 saturated carbocycles. The normalized spacial score (nSPS) is 31.9. The minimum absolute atomic E-state index is 0.0145. The first-order valence-corrected chi connectivity index (χ1v) is 12.6. The Morgan fingerprint density at radius 2 is 1.83 bits per heavy atom. The highest BCUT2D eigenvalue weighted by Gasteiger charge is 2.49. The Kier molecular flexibility index (Phi) is 6.46. The molecule has 1 aromatic rings. The van der Waals surface area contributed by atoms with Gasteiger partial charge in [0.05, 0.1) is 17.6 Å². The number of ether oxygens (including phenoxy) is 1. The summed E-state index contributed by atoms with van der Waals surface area (Å²) in [5.74, 6) is 0.733. The number of hydrogen-bond acceptors (Lipinski definition) is 5. The molecular weight excluding hydrogens is 461 g/mol. The standard InChI is InChI=1S/C25H33F3N4O3/c1-15-13-30(24(34)35-21-5-3-4-19(11-21)25(26,27)28)23-10-17(6-9-22(23)32(15)16(2)33)18-12-29-31(14-18)20-7-8-20/h3-5,11,15,17-18,20,22-23,29H,6-10,12-14H2,1-2H3/t15-,17?,18?,22?,23?/m0/s1. The number of amides is 2. The molecule has 1 N–H and O–H groups in total. The Labute approximate surface area is 203 Å². The number of carbonyl (C=O) groups is 2. The van der Waals surface area contributed by atoms with E-state index in [9.17, 15) is 22.8 Å². The zero-order chi connectivity index (χ0) is 24.9. The van der Waals surface area contributed by atoms with E-state index in [2.05, 4.69) is 10.4 Å². The molecule has 0 bridgehead atoms. The molecule has 192 valence electrons. The van der Waals surface area contributed by atoms with Gasteiger partial charge in [-0.15, -0.1) is 0 Å². The number of carbonyl (C=O) groups excluding carboxylic acids is 2. The smallest absolute Gasteiger partial charge is 0.410 e. The minimum atomic E-state index is -4.52. The largest absolute Gasteiger partial charge is 0.416 e. The van der Waals surface area contributed by atoms with Crippen molar-refractivity contribution in [3.05, 3.63) is 29.8 Å². The molecule has 7 nitrogen and oxygen atoms in total. The van der Waals surface area contributed by atoms with Crippen molar-refractivity contribution >= 4 is 12.0 Å². The first-order chi connectivity index (χ1) is 16.6. The van der Waals surface area contributed by atoms with Gasteiger partial charge in [-0.1, -0.05) is 6.07 Å². The minimum Gasteiger partial charge on any atom is -0.410 e. The Balaban J connectivity index is 1.34. The summed E-state index contributed by atoms with van der Waals surface area (Å²) in [4.78, 5) is 29.3. The van der Waals surface area contributed by atoms with Crippen LogP contribution in [0.25, 0.3) is 0 Å². The molecule has 2 saturated heterocycles. The van der Waals surface area contributed by atoms with E-state index < -0.39 is 17.8 Å². The lowest BCUT2D eigenvalue weighted by Crippen LogP contribution is -2.67. The van der Waals surface area contributed by atoms with Gasteiger partial charge in [0.1, 0.15) is 5.75 Å². The van der Waals surface area contributed by atoms with Gasteiger partial charge < -0.3 is 14.5 Å². The summed E-state index contributed by atoms with van der Waals surface area (Å²) < 4.78 is 44.8. The highest BCUT2D eigenvalue weighted by molar-refractivity contribution is 5.76. The number of rotatable bonds is 3. The van der Waals surface area contributed by atoms with Crippen LogP contribution >= 0.6 is 0 Å². The zero-order valence-electron chi connectivity index (χ0n) is 20.1. The fraction of sp³-hybridized carbons (Fsp3) is 0.680. The summed E-state index contributed by atoms with van der Waals surface area (Å²) in [5.41, 5.74) is 2.67. The van der Waals surface area contributed by atoms with Crippen LogP contribution in [0.15, 0.2) is 24.3 Å². The summed E-state index contributed by atoms with van der Waals surface area (Å²) in [5, 5.41) is 2.35. The molecule has 0 radical (unpaired) electrons. The summed E-state index contributed by atoms with van der Waals surface area (Å²) in [6.45, 7) is 5.67. The number of piperazine rings is 1. The highest BCUT2D eigenvalue weighted by atomic mass is 19.4. The number of hydrogen-bond donors (Lipinski definition) is 1. The molecule has 4 aliphatic rings. The lowest BCUT2D eigenvalue weighted by molar-refractivity contribution is -0.142. The van der Waals surface area contributed by atoms with Crippen molar-refractivity contribution in [2.75, 3.05) is 19.6 Å². The summed E-state index contributed by atoms with van der Waals surface area (Å²) >= 11 is 0.